The van der Waals surface area contributed by atoms with Crippen LogP contribution in [-0.2, 0) is 6.42 Å². The summed E-state index contributed by atoms with van der Waals surface area (Å²) in [6.07, 6.45) is 2.04. The van der Waals surface area contributed by atoms with Crippen molar-refractivity contribution in [1.82, 2.24) is 10.3 Å². The summed E-state index contributed by atoms with van der Waals surface area (Å²) in [7, 11) is 0. The van der Waals surface area contributed by atoms with Crippen molar-refractivity contribution in [2.24, 2.45) is 5.84 Å². The molecule has 0 fully saturated rings. The number of nitrogen functional groups attached to an aromatic ring is 1. The first-order chi connectivity index (χ1) is 9.61. The highest BCUT2D eigenvalue weighted by Gasteiger charge is 2.17. The van der Waals surface area contributed by atoms with Crippen molar-refractivity contribution in [3.63, 3.8) is 0 Å². The number of amides is 1. The van der Waals surface area contributed by atoms with E-state index in [0.717, 1.165) is 4.88 Å². The van der Waals surface area contributed by atoms with Gasteiger partial charge in [-0.25, -0.2) is 15.2 Å². The Hall–Kier alpha value is -1.99. The van der Waals surface area contributed by atoms with Gasteiger partial charge in [0.15, 0.2) is 11.6 Å². The third-order valence-corrected chi connectivity index (χ3v) is 3.63. The van der Waals surface area contributed by atoms with Crippen LogP contribution in [0, 0.1) is 5.82 Å². The van der Waals surface area contributed by atoms with Crippen LogP contribution in [-0.4, -0.2) is 16.9 Å². The van der Waals surface area contributed by atoms with Gasteiger partial charge in [0.05, 0.1) is 5.56 Å². The third-order valence-electron chi connectivity index (χ3n) is 2.74. The molecule has 1 amide bonds. The molecule has 0 radical (unpaired) electrons. The molecule has 1 unspecified atom stereocenters. The van der Waals surface area contributed by atoms with E-state index < -0.39 is 11.7 Å². The SMILES string of the molecule is CC(Cc1cccs1)NC(=O)c1ccnc(NN)c1F. The van der Waals surface area contributed by atoms with E-state index in [-0.39, 0.29) is 17.4 Å². The molecule has 0 bridgehead atoms. The number of rotatable bonds is 5. The number of hydrogen-bond acceptors (Lipinski definition) is 5. The topological polar surface area (TPSA) is 80.0 Å². The molecule has 5 nitrogen and oxygen atoms in total. The quantitative estimate of drug-likeness (QED) is 0.581. The molecule has 4 N–H and O–H groups in total. The van der Waals surface area contributed by atoms with Gasteiger partial charge in [-0.1, -0.05) is 6.07 Å². The number of anilines is 1. The summed E-state index contributed by atoms with van der Waals surface area (Å²) in [6.45, 7) is 1.87. The molecule has 1 atom stereocenters. The number of nitrogens with two attached hydrogens (primary N) is 1. The molecule has 0 saturated heterocycles. The van der Waals surface area contributed by atoms with Gasteiger partial charge in [-0.2, -0.15) is 0 Å². The van der Waals surface area contributed by atoms with Gasteiger partial charge in [0.2, 0.25) is 0 Å². The molecule has 0 aliphatic heterocycles. The van der Waals surface area contributed by atoms with E-state index in [0.29, 0.717) is 6.42 Å². The molecule has 0 aromatic carbocycles. The fourth-order valence-corrected chi connectivity index (χ4v) is 2.64. The van der Waals surface area contributed by atoms with Crippen LogP contribution in [0.25, 0.3) is 0 Å². The highest BCUT2D eigenvalue weighted by Crippen LogP contribution is 2.15. The Kier molecular flexibility index (Phi) is 4.65. The molecule has 20 heavy (non-hydrogen) atoms. The van der Waals surface area contributed by atoms with Crippen molar-refractivity contribution >= 4 is 23.1 Å². The molecule has 106 valence electrons. The number of pyridine rings is 1. The van der Waals surface area contributed by atoms with Crippen LogP contribution in [0.1, 0.15) is 22.2 Å². The summed E-state index contributed by atoms with van der Waals surface area (Å²) in [6, 6.07) is 5.18. The maximum atomic E-state index is 13.9. The highest BCUT2D eigenvalue weighted by molar-refractivity contribution is 7.09. The lowest BCUT2D eigenvalue weighted by molar-refractivity contribution is 0.0936. The average Bonchev–Trinajstić information content (AvgIpc) is 2.91. The standard InChI is InChI=1S/C13H15FN4OS/c1-8(7-9-3-2-6-20-9)17-13(19)10-4-5-16-12(18-15)11(10)14/h2-6,8H,7,15H2,1H3,(H,16,18)(H,17,19). The van der Waals surface area contributed by atoms with E-state index in [1.807, 2.05) is 24.4 Å². The number of aromatic nitrogens is 1. The summed E-state index contributed by atoms with van der Waals surface area (Å²) in [5.41, 5.74) is 2.04. The van der Waals surface area contributed by atoms with Crippen molar-refractivity contribution in [2.45, 2.75) is 19.4 Å². The number of nitrogens with zero attached hydrogens (tertiary/aromatic N) is 1. The minimum Gasteiger partial charge on any atom is -0.349 e. The number of carbonyl (C=O) groups excluding carboxylic acids is 1. The molecule has 2 rings (SSSR count). The van der Waals surface area contributed by atoms with E-state index in [2.05, 4.69) is 15.7 Å². The predicted molar refractivity (Wildman–Crippen MR) is 77.0 cm³/mol. The molecule has 2 aromatic heterocycles. The molecule has 0 saturated carbocycles. The summed E-state index contributed by atoms with van der Waals surface area (Å²) in [5.74, 6) is 3.74. The van der Waals surface area contributed by atoms with Gasteiger partial charge in [-0.05, 0) is 24.4 Å². The molecule has 7 heteroatoms. The Morgan fingerprint density at radius 3 is 3.00 bits per heavy atom. The number of thiophene rings is 1. The van der Waals surface area contributed by atoms with E-state index in [1.54, 1.807) is 11.3 Å². The van der Waals surface area contributed by atoms with Crippen molar-refractivity contribution in [2.75, 3.05) is 5.43 Å². The molecule has 0 aliphatic carbocycles. The first kappa shape index (κ1) is 14.4. The van der Waals surface area contributed by atoms with Crippen molar-refractivity contribution in [3.05, 3.63) is 46.0 Å². The minimum atomic E-state index is -0.754. The number of halogens is 1. The second kappa shape index (κ2) is 6.44. The lowest BCUT2D eigenvalue weighted by Crippen LogP contribution is -2.34. The number of hydrogen-bond donors (Lipinski definition) is 3. The molecular weight excluding hydrogens is 279 g/mol. The van der Waals surface area contributed by atoms with Crippen LogP contribution >= 0.6 is 11.3 Å². The molecule has 2 heterocycles. The van der Waals surface area contributed by atoms with Gasteiger partial charge in [0.1, 0.15) is 0 Å². The third kappa shape index (κ3) is 3.31. The smallest absolute Gasteiger partial charge is 0.254 e. The van der Waals surface area contributed by atoms with Crippen LogP contribution in [0.5, 0.6) is 0 Å². The Morgan fingerprint density at radius 2 is 2.35 bits per heavy atom. The zero-order valence-corrected chi connectivity index (χ0v) is 11.7. The molecule has 0 spiro atoms. The van der Waals surface area contributed by atoms with Crippen LogP contribution in [0.4, 0.5) is 10.2 Å². The Balaban J connectivity index is 2.04. The second-order valence-electron chi connectivity index (χ2n) is 4.32. The van der Waals surface area contributed by atoms with Gasteiger partial charge in [-0.15, -0.1) is 11.3 Å². The summed E-state index contributed by atoms with van der Waals surface area (Å²) < 4.78 is 13.9. The van der Waals surface area contributed by atoms with Gasteiger partial charge < -0.3 is 10.7 Å². The lowest BCUT2D eigenvalue weighted by atomic mass is 10.1. The van der Waals surface area contributed by atoms with Gasteiger partial charge in [-0.3, -0.25) is 4.79 Å². The van der Waals surface area contributed by atoms with Crippen LogP contribution in [0.15, 0.2) is 29.8 Å². The number of nitrogens with one attached hydrogen (secondary N) is 2. The zero-order chi connectivity index (χ0) is 14.5. The number of hydrazine groups is 1. The minimum absolute atomic E-state index is 0.0778. The van der Waals surface area contributed by atoms with E-state index >= 15 is 0 Å². The molecule has 2 aromatic rings. The predicted octanol–water partition coefficient (Wildman–Crippen LogP) is 1.93. The van der Waals surface area contributed by atoms with Crippen LogP contribution < -0.4 is 16.6 Å². The number of carbonyl (C=O) groups is 1. The van der Waals surface area contributed by atoms with Crippen LogP contribution in [0.2, 0.25) is 0 Å². The summed E-state index contributed by atoms with van der Waals surface area (Å²) >= 11 is 1.62. The Bertz CT molecular complexity index is 588. The monoisotopic (exact) mass is 294 g/mol. The first-order valence-corrected chi connectivity index (χ1v) is 6.94. The molecular formula is C13H15FN4OS. The van der Waals surface area contributed by atoms with E-state index in [4.69, 9.17) is 5.84 Å². The largest absolute Gasteiger partial charge is 0.349 e. The van der Waals surface area contributed by atoms with Crippen LogP contribution in [0.3, 0.4) is 0 Å². The fraction of sp³-hybridized carbons (Fsp3) is 0.231. The van der Waals surface area contributed by atoms with Gasteiger partial charge in [0.25, 0.3) is 5.91 Å². The first-order valence-electron chi connectivity index (χ1n) is 6.06. The second-order valence-corrected chi connectivity index (χ2v) is 5.36. The van der Waals surface area contributed by atoms with Gasteiger partial charge >= 0.3 is 0 Å². The average molecular weight is 294 g/mol. The Labute approximate surface area is 120 Å². The van der Waals surface area contributed by atoms with Crippen molar-refractivity contribution in [1.29, 1.82) is 0 Å². The maximum absolute atomic E-state index is 13.9. The normalized spacial score (nSPS) is 11.9. The van der Waals surface area contributed by atoms with Crippen molar-refractivity contribution < 1.29 is 9.18 Å². The highest BCUT2D eigenvalue weighted by atomic mass is 32.1. The van der Waals surface area contributed by atoms with Crippen molar-refractivity contribution in [3.8, 4) is 0 Å². The lowest BCUT2D eigenvalue weighted by Gasteiger charge is -2.14. The Morgan fingerprint density at radius 1 is 1.55 bits per heavy atom. The maximum Gasteiger partial charge on any atom is 0.254 e. The molecule has 0 aliphatic rings. The van der Waals surface area contributed by atoms with Gasteiger partial charge in [0, 0.05) is 23.5 Å². The zero-order valence-electron chi connectivity index (χ0n) is 10.9. The summed E-state index contributed by atoms with van der Waals surface area (Å²) in [4.78, 5) is 16.9. The summed E-state index contributed by atoms with van der Waals surface area (Å²) in [5, 5.41) is 4.74. The van der Waals surface area contributed by atoms with E-state index in [1.165, 1.54) is 12.3 Å². The van der Waals surface area contributed by atoms with E-state index in [9.17, 15) is 9.18 Å². The fourth-order valence-electron chi connectivity index (χ4n) is 1.80.